The fraction of sp³-hybridized carbons (Fsp3) is 0.429. The van der Waals surface area contributed by atoms with Gasteiger partial charge in [-0.05, 0) is 87.4 Å². The van der Waals surface area contributed by atoms with Crippen LogP contribution < -0.4 is 0 Å². The van der Waals surface area contributed by atoms with Crippen molar-refractivity contribution in [3.8, 4) is 5.69 Å². The average Bonchev–Trinajstić information content (AvgIpc) is 2.95. The molecule has 0 radical (unpaired) electrons. The average molecular weight is 515 g/mol. The largest absolute Gasteiger partial charge is 0.443 e. The lowest BCUT2D eigenvalue weighted by Crippen LogP contribution is -2.39. The molecule has 0 aliphatic carbocycles. The van der Waals surface area contributed by atoms with Gasteiger partial charge in [-0.15, -0.1) is 0 Å². The highest BCUT2D eigenvalue weighted by Crippen LogP contribution is 2.40. The normalized spacial score (nSPS) is 18.2. The number of allylic oxidation sites excluding steroid dienone is 2. The molecule has 0 unspecified atom stereocenters. The highest BCUT2D eigenvalue weighted by Gasteiger charge is 2.39. The van der Waals surface area contributed by atoms with E-state index in [1.54, 1.807) is 64.4 Å². The van der Waals surface area contributed by atoms with Gasteiger partial charge in [-0.2, -0.15) is 5.10 Å². The summed E-state index contributed by atoms with van der Waals surface area (Å²) in [7, 11) is 0. The summed E-state index contributed by atoms with van der Waals surface area (Å²) in [6, 6.07) is 3.36. The molecular weight excluding hydrogens is 491 g/mol. The van der Waals surface area contributed by atoms with Crippen molar-refractivity contribution in [1.29, 1.82) is 0 Å². The standard InChI is InChI=1S/C21H24F2IN3O2/c1-7-15-17(23)18-14(10-26(15)20(28)29-21(4,5)6)19(24)27(25-18)13-8-11(2)16(22)12(3)9-13/h7-9,17H,10H2,1-6H3/b15-7-/t17-/m0/s1. The first kappa shape index (κ1) is 21.7. The number of fused-ring (bicyclic) bond motifs is 1. The molecule has 156 valence electrons. The minimum absolute atomic E-state index is 0.155. The number of benzene rings is 1. The predicted molar refractivity (Wildman–Crippen MR) is 115 cm³/mol. The second-order valence-electron chi connectivity index (χ2n) is 8.10. The highest BCUT2D eigenvalue weighted by atomic mass is 127. The van der Waals surface area contributed by atoms with Crippen LogP contribution in [0.4, 0.5) is 13.6 Å². The Kier molecular flexibility index (Phi) is 5.77. The summed E-state index contributed by atoms with van der Waals surface area (Å²) in [5.74, 6) is -0.267. The van der Waals surface area contributed by atoms with Crippen molar-refractivity contribution in [3.63, 3.8) is 0 Å². The molecular formula is C21H24F2IN3O2. The van der Waals surface area contributed by atoms with Crippen molar-refractivity contribution in [1.82, 2.24) is 14.7 Å². The summed E-state index contributed by atoms with van der Waals surface area (Å²) in [5.41, 5.74) is 2.03. The fourth-order valence-corrected chi connectivity index (χ4v) is 4.16. The predicted octanol–water partition coefficient (Wildman–Crippen LogP) is 5.90. The summed E-state index contributed by atoms with van der Waals surface area (Å²) in [6.45, 7) is 10.5. The Hall–Kier alpha value is -1.97. The Morgan fingerprint density at radius 1 is 1.31 bits per heavy atom. The van der Waals surface area contributed by atoms with Gasteiger partial charge in [-0.1, -0.05) is 6.08 Å². The molecule has 1 aromatic carbocycles. The number of aryl methyl sites for hydroxylation is 2. The summed E-state index contributed by atoms with van der Waals surface area (Å²) >= 11 is 2.09. The van der Waals surface area contributed by atoms with Crippen LogP contribution in [0.2, 0.25) is 0 Å². The third-order valence-corrected chi connectivity index (χ3v) is 5.76. The number of rotatable bonds is 1. The third kappa shape index (κ3) is 4.04. The van der Waals surface area contributed by atoms with E-state index in [1.165, 1.54) is 4.90 Å². The van der Waals surface area contributed by atoms with E-state index in [4.69, 9.17) is 4.74 Å². The fourth-order valence-electron chi connectivity index (χ4n) is 3.33. The van der Waals surface area contributed by atoms with Gasteiger partial charge >= 0.3 is 6.09 Å². The zero-order valence-electron chi connectivity index (χ0n) is 17.3. The quantitative estimate of drug-likeness (QED) is 0.445. The molecule has 0 fully saturated rings. The lowest BCUT2D eigenvalue weighted by Gasteiger charge is -2.33. The molecule has 1 atom stereocenters. The van der Waals surface area contributed by atoms with E-state index in [9.17, 15) is 9.18 Å². The van der Waals surface area contributed by atoms with E-state index < -0.39 is 17.9 Å². The van der Waals surface area contributed by atoms with E-state index in [0.717, 1.165) is 0 Å². The number of carbonyl (C=O) groups excluding carboxylic acids is 1. The minimum atomic E-state index is -1.56. The third-order valence-electron chi connectivity index (χ3n) is 4.65. The molecule has 5 nitrogen and oxygen atoms in total. The first-order valence-corrected chi connectivity index (χ1v) is 10.4. The van der Waals surface area contributed by atoms with Gasteiger partial charge in [0.05, 0.1) is 17.9 Å². The maximum atomic E-state index is 15.4. The molecule has 1 aliphatic rings. The molecule has 1 aromatic heterocycles. The molecule has 0 spiro atoms. The number of halogens is 3. The van der Waals surface area contributed by atoms with Crippen molar-refractivity contribution >= 4 is 28.7 Å². The monoisotopic (exact) mass is 515 g/mol. The second-order valence-corrected chi connectivity index (χ2v) is 9.12. The first-order chi connectivity index (χ1) is 13.4. The SMILES string of the molecule is C/C=C1/[C@H](F)c2nn(-c3cc(C)c(F)c(C)c3)c(I)c2CN1C(=O)OC(C)(C)C. The van der Waals surface area contributed by atoms with Crippen molar-refractivity contribution in [2.24, 2.45) is 0 Å². The van der Waals surface area contributed by atoms with Crippen LogP contribution in [0.3, 0.4) is 0 Å². The topological polar surface area (TPSA) is 47.4 Å². The van der Waals surface area contributed by atoms with E-state index in [2.05, 4.69) is 27.7 Å². The molecule has 29 heavy (non-hydrogen) atoms. The number of amides is 1. The molecule has 0 bridgehead atoms. The van der Waals surface area contributed by atoms with E-state index >= 15 is 4.39 Å². The number of carbonyl (C=O) groups is 1. The summed E-state index contributed by atoms with van der Waals surface area (Å²) < 4.78 is 37.1. The first-order valence-electron chi connectivity index (χ1n) is 9.29. The molecule has 0 saturated heterocycles. The van der Waals surface area contributed by atoms with Crippen LogP contribution in [-0.2, 0) is 11.3 Å². The zero-order chi connectivity index (χ0) is 21.7. The molecule has 3 rings (SSSR count). The van der Waals surface area contributed by atoms with Crippen LogP contribution in [0.25, 0.3) is 5.69 Å². The van der Waals surface area contributed by atoms with Crippen LogP contribution in [0, 0.1) is 23.4 Å². The zero-order valence-corrected chi connectivity index (χ0v) is 19.5. The number of aromatic nitrogens is 2. The van der Waals surface area contributed by atoms with Crippen molar-refractivity contribution < 1.29 is 18.3 Å². The molecule has 1 amide bonds. The summed E-state index contributed by atoms with van der Waals surface area (Å²) in [6.07, 6.45) is -0.597. The van der Waals surface area contributed by atoms with Gasteiger partial charge in [0.1, 0.15) is 20.8 Å². The van der Waals surface area contributed by atoms with Gasteiger partial charge in [0.25, 0.3) is 0 Å². The Balaban J connectivity index is 2.07. The number of hydrogen-bond donors (Lipinski definition) is 0. The Morgan fingerprint density at radius 3 is 2.41 bits per heavy atom. The van der Waals surface area contributed by atoms with Gasteiger partial charge in [-0.3, -0.25) is 4.90 Å². The smallest absolute Gasteiger partial charge is 0.414 e. The molecule has 0 saturated carbocycles. The van der Waals surface area contributed by atoms with Crippen LogP contribution in [0.1, 0.15) is 56.3 Å². The number of nitrogens with zero attached hydrogens (tertiary/aromatic N) is 3. The van der Waals surface area contributed by atoms with Gasteiger partial charge < -0.3 is 4.74 Å². The van der Waals surface area contributed by atoms with Crippen LogP contribution in [0.5, 0.6) is 0 Å². The Bertz CT molecular complexity index is 985. The van der Waals surface area contributed by atoms with E-state index in [-0.39, 0.29) is 23.8 Å². The molecule has 8 heteroatoms. The number of hydrogen-bond acceptors (Lipinski definition) is 3. The maximum Gasteiger partial charge on any atom is 0.414 e. The lowest BCUT2D eigenvalue weighted by molar-refractivity contribution is 0.0253. The van der Waals surface area contributed by atoms with Crippen molar-refractivity contribution in [2.45, 2.75) is 59.9 Å². The maximum absolute atomic E-state index is 15.4. The van der Waals surface area contributed by atoms with E-state index in [0.29, 0.717) is 26.1 Å². The van der Waals surface area contributed by atoms with Gasteiger partial charge in [0, 0.05) is 5.56 Å². The Labute approximate surface area is 182 Å². The van der Waals surface area contributed by atoms with Crippen LogP contribution in [-0.4, -0.2) is 26.4 Å². The molecule has 0 N–H and O–H groups in total. The number of alkyl halides is 1. The molecule has 2 heterocycles. The van der Waals surface area contributed by atoms with Gasteiger partial charge in [-0.25, -0.2) is 18.3 Å². The Morgan fingerprint density at radius 2 is 1.90 bits per heavy atom. The minimum Gasteiger partial charge on any atom is -0.443 e. The summed E-state index contributed by atoms with van der Waals surface area (Å²) in [4.78, 5) is 14.0. The van der Waals surface area contributed by atoms with Crippen molar-refractivity contribution in [3.05, 3.63) is 55.8 Å². The molecule has 1 aliphatic heterocycles. The lowest BCUT2D eigenvalue weighted by atomic mass is 10.0. The molecule has 2 aromatic rings. The van der Waals surface area contributed by atoms with Crippen LogP contribution in [0.15, 0.2) is 23.9 Å². The number of ether oxygens (including phenoxy) is 1. The summed E-state index contributed by atoms with van der Waals surface area (Å²) in [5, 5.41) is 4.47. The van der Waals surface area contributed by atoms with Crippen LogP contribution >= 0.6 is 22.6 Å². The van der Waals surface area contributed by atoms with Gasteiger partial charge in [0.2, 0.25) is 0 Å². The highest BCUT2D eigenvalue weighted by molar-refractivity contribution is 14.1. The van der Waals surface area contributed by atoms with E-state index in [1.807, 2.05) is 0 Å². The van der Waals surface area contributed by atoms with Crippen molar-refractivity contribution in [2.75, 3.05) is 0 Å². The van der Waals surface area contributed by atoms with Gasteiger partial charge in [0.15, 0.2) is 6.17 Å². The second kappa shape index (κ2) is 7.70.